The van der Waals surface area contributed by atoms with Crippen molar-refractivity contribution in [1.29, 1.82) is 0 Å². The first-order valence-electron chi connectivity index (χ1n) is 9.14. The van der Waals surface area contributed by atoms with Crippen molar-refractivity contribution in [2.45, 2.75) is 73.1 Å². The predicted octanol–water partition coefficient (Wildman–Crippen LogP) is 5.81. The highest BCUT2D eigenvalue weighted by molar-refractivity contribution is 5.35. The smallest absolute Gasteiger partial charge is 0.119 e. The van der Waals surface area contributed by atoms with Crippen molar-refractivity contribution in [2.24, 2.45) is 0 Å². The van der Waals surface area contributed by atoms with Crippen LogP contribution >= 0.6 is 0 Å². The van der Waals surface area contributed by atoms with E-state index in [4.69, 9.17) is 9.47 Å². The molecule has 0 aliphatic heterocycles. The van der Waals surface area contributed by atoms with Crippen LogP contribution in [0.25, 0.3) is 0 Å². The quantitative estimate of drug-likeness (QED) is 0.480. The second kappa shape index (κ2) is 14.9. The molecule has 0 aliphatic carbocycles. The van der Waals surface area contributed by atoms with Crippen LogP contribution in [0.4, 0.5) is 0 Å². The molecule has 0 fully saturated rings. The van der Waals surface area contributed by atoms with Gasteiger partial charge in [-0.3, -0.25) is 0 Å². The van der Waals surface area contributed by atoms with E-state index in [2.05, 4.69) is 39.0 Å². The Morgan fingerprint density at radius 3 is 2.18 bits per heavy atom. The first-order valence-corrected chi connectivity index (χ1v) is 9.14. The van der Waals surface area contributed by atoms with Crippen LogP contribution in [0.2, 0.25) is 0 Å². The van der Waals surface area contributed by atoms with Crippen molar-refractivity contribution >= 4 is 0 Å². The zero-order chi connectivity index (χ0) is 16.6. The number of hydrogen-bond acceptors (Lipinski definition) is 2. The van der Waals surface area contributed by atoms with E-state index in [1.165, 1.54) is 24.0 Å². The minimum Gasteiger partial charge on any atom is -0.493 e. The fourth-order valence-electron chi connectivity index (χ4n) is 2.23. The summed E-state index contributed by atoms with van der Waals surface area (Å²) < 4.78 is 11.3. The third-order valence-electron chi connectivity index (χ3n) is 3.42. The molecule has 2 nitrogen and oxygen atoms in total. The van der Waals surface area contributed by atoms with E-state index in [1.807, 2.05) is 13.8 Å². The van der Waals surface area contributed by atoms with E-state index in [-0.39, 0.29) is 0 Å². The van der Waals surface area contributed by atoms with Gasteiger partial charge in [-0.15, -0.1) is 0 Å². The molecule has 0 amide bonds. The van der Waals surface area contributed by atoms with Crippen LogP contribution in [-0.2, 0) is 17.6 Å². The molecule has 0 saturated heterocycles. The van der Waals surface area contributed by atoms with Crippen molar-refractivity contribution in [3.63, 3.8) is 0 Å². The van der Waals surface area contributed by atoms with Crippen LogP contribution in [0.1, 0.15) is 71.4 Å². The minimum atomic E-state index is 0.738. The Labute approximate surface area is 138 Å². The molecule has 0 N–H and O–H groups in total. The highest BCUT2D eigenvalue weighted by Gasteiger charge is 2.02. The average Bonchev–Trinajstić information content (AvgIpc) is 2.57. The SMILES string of the molecule is CC.CCCCOCCCOc1ccc(CCC)c(CC)c1. The van der Waals surface area contributed by atoms with Gasteiger partial charge in [0.25, 0.3) is 0 Å². The van der Waals surface area contributed by atoms with Crippen LogP contribution in [0.3, 0.4) is 0 Å². The number of aryl methyl sites for hydroxylation is 2. The normalized spacial score (nSPS) is 10.0. The number of unbranched alkanes of at least 4 members (excludes halogenated alkanes) is 1. The van der Waals surface area contributed by atoms with Gasteiger partial charge in [0.1, 0.15) is 5.75 Å². The molecule has 128 valence electrons. The Bertz CT molecular complexity index is 361. The first kappa shape index (κ1) is 21.0. The second-order valence-electron chi connectivity index (χ2n) is 5.20. The molecule has 0 atom stereocenters. The molecule has 0 bridgehead atoms. The van der Waals surface area contributed by atoms with Gasteiger partial charge in [-0.2, -0.15) is 0 Å². The third kappa shape index (κ3) is 9.09. The maximum absolute atomic E-state index is 5.81. The molecule has 0 aliphatic rings. The van der Waals surface area contributed by atoms with Crippen LogP contribution < -0.4 is 4.74 Å². The molecule has 0 radical (unpaired) electrons. The van der Waals surface area contributed by atoms with Gasteiger partial charge >= 0.3 is 0 Å². The Morgan fingerprint density at radius 2 is 1.55 bits per heavy atom. The van der Waals surface area contributed by atoms with Crippen molar-refractivity contribution in [1.82, 2.24) is 0 Å². The monoisotopic (exact) mass is 308 g/mol. The van der Waals surface area contributed by atoms with Crippen molar-refractivity contribution < 1.29 is 9.47 Å². The van der Waals surface area contributed by atoms with Gasteiger partial charge < -0.3 is 9.47 Å². The van der Waals surface area contributed by atoms with Crippen molar-refractivity contribution in [3.8, 4) is 5.75 Å². The molecule has 1 aromatic carbocycles. The van der Waals surface area contributed by atoms with Crippen LogP contribution in [0, 0.1) is 0 Å². The molecule has 0 aromatic heterocycles. The largest absolute Gasteiger partial charge is 0.493 e. The molecular formula is C20H36O2. The van der Waals surface area contributed by atoms with E-state index in [0.717, 1.165) is 51.3 Å². The highest BCUT2D eigenvalue weighted by atomic mass is 16.5. The van der Waals surface area contributed by atoms with Crippen molar-refractivity contribution in [3.05, 3.63) is 29.3 Å². The Balaban J connectivity index is 0.00000211. The summed E-state index contributed by atoms with van der Waals surface area (Å²) in [6.45, 7) is 13.0. The average molecular weight is 309 g/mol. The molecule has 0 spiro atoms. The zero-order valence-corrected chi connectivity index (χ0v) is 15.4. The fraction of sp³-hybridized carbons (Fsp3) is 0.700. The van der Waals surface area contributed by atoms with E-state index in [9.17, 15) is 0 Å². The van der Waals surface area contributed by atoms with E-state index in [0.29, 0.717) is 0 Å². The molecule has 2 heteroatoms. The number of hydrogen-bond donors (Lipinski definition) is 0. The Morgan fingerprint density at radius 1 is 0.818 bits per heavy atom. The number of rotatable bonds is 11. The lowest BCUT2D eigenvalue weighted by molar-refractivity contribution is 0.117. The lowest BCUT2D eigenvalue weighted by Crippen LogP contribution is -2.04. The van der Waals surface area contributed by atoms with Crippen LogP contribution in [0.5, 0.6) is 5.75 Å². The molecular weight excluding hydrogens is 272 g/mol. The summed E-state index contributed by atoms with van der Waals surface area (Å²) in [6.07, 6.45) is 6.74. The maximum Gasteiger partial charge on any atom is 0.119 e. The van der Waals surface area contributed by atoms with E-state index in [1.54, 1.807) is 0 Å². The van der Waals surface area contributed by atoms with E-state index < -0.39 is 0 Å². The summed E-state index contributed by atoms with van der Waals surface area (Å²) in [5.41, 5.74) is 2.88. The van der Waals surface area contributed by atoms with Crippen LogP contribution in [-0.4, -0.2) is 19.8 Å². The van der Waals surface area contributed by atoms with E-state index >= 15 is 0 Å². The van der Waals surface area contributed by atoms with Gasteiger partial charge in [0.05, 0.1) is 6.61 Å². The van der Waals surface area contributed by atoms with Gasteiger partial charge in [-0.25, -0.2) is 0 Å². The number of benzene rings is 1. The van der Waals surface area contributed by atoms with Gasteiger partial charge in [0.15, 0.2) is 0 Å². The Hall–Kier alpha value is -1.02. The fourth-order valence-corrected chi connectivity index (χ4v) is 2.23. The third-order valence-corrected chi connectivity index (χ3v) is 3.42. The lowest BCUT2D eigenvalue weighted by atomic mass is 10.0. The topological polar surface area (TPSA) is 18.5 Å². The summed E-state index contributed by atoms with van der Waals surface area (Å²) in [4.78, 5) is 0. The Kier molecular flexibility index (Phi) is 14.2. The lowest BCUT2D eigenvalue weighted by Gasteiger charge is -2.11. The highest BCUT2D eigenvalue weighted by Crippen LogP contribution is 2.20. The standard InChI is InChI=1S/C18H30O2.C2H6/c1-4-7-12-19-13-8-14-20-18-11-10-17(9-5-2)16(6-3)15-18;1-2/h10-11,15H,4-9,12-14H2,1-3H3;1-2H3. The van der Waals surface area contributed by atoms with Gasteiger partial charge in [-0.05, 0) is 42.5 Å². The molecule has 0 heterocycles. The zero-order valence-electron chi connectivity index (χ0n) is 15.4. The minimum absolute atomic E-state index is 0.738. The molecule has 0 unspecified atom stereocenters. The summed E-state index contributed by atoms with van der Waals surface area (Å²) in [5.74, 6) is 0.996. The van der Waals surface area contributed by atoms with Gasteiger partial charge in [0.2, 0.25) is 0 Å². The van der Waals surface area contributed by atoms with Crippen molar-refractivity contribution in [2.75, 3.05) is 19.8 Å². The van der Waals surface area contributed by atoms with Gasteiger partial charge in [0, 0.05) is 19.6 Å². The summed E-state index contributed by atoms with van der Waals surface area (Å²) in [6, 6.07) is 6.51. The first-order chi connectivity index (χ1) is 10.8. The second-order valence-corrected chi connectivity index (χ2v) is 5.20. The van der Waals surface area contributed by atoms with Crippen LogP contribution in [0.15, 0.2) is 18.2 Å². The van der Waals surface area contributed by atoms with Gasteiger partial charge in [-0.1, -0.05) is 53.5 Å². The molecule has 1 aromatic rings. The molecule has 22 heavy (non-hydrogen) atoms. The summed E-state index contributed by atoms with van der Waals surface area (Å²) in [7, 11) is 0. The summed E-state index contributed by atoms with van der Waals surface area (Å²) in [5, 5.41) is 0. The maximum atomic E-state index is 5.81. The summed E-state index contributed by atoms with van der Waals surface area (Å²) >= 11 is 0. The predicted molar refractivity (Wildman–Crippen MR) is 97.0 cm³/mol. The molecule has 0 saturated carbocycles. The number of ether oxygens (including phenoxy) is 2. The molecule has 1 rings (SSSR count).